The van der Waals surface area contributed by atoms with Gasteiger partial charge in [-0.1, -0.05) is 19.8 Å². The van der Waals surface area contributed by atoms with Gasteiger partial charge in [0.2, 0.25) is 0 Å². The fourth-order valence-electron chi connectivity index (χ4n) is 3.67. The van der Waals surface area contributed by atoms with Crippen LogP contribution in [-0.4, -0.2) is 36.7 Å². The van der Waals surface area contributed by atoms with Gasteiger partial charge in [-0.15, -0.1) is 0 Å². The Morgan fingerprint density at radius 2 is 2.19 bits per heavy atom. The Labute approximate surface area is 127 Å². The van der Waals surface area contributed by atoms with Gasteiger partial charge in [-0.2, -0.15) is 0 Å². The highest BCUT2D eigenvalue weighted by Gasteiger charge is 2.34. The van der Waals surface area contributed by atoms with Crippen LogP contribution in [0.4, 0.5) is 0 Å². The predicted octanol–water partition coefficient (Wildman–Crippen LogP) is 2.84. The predicted molar refractivity (Wildman–Crippen MR) is 83.2 cm³/mol. The van der Waals surface area contributed by atoms with Crippen molar-refractivity contribution in [3.63, 3.8) is 0 Å². The van der Waals surface area contributed by atoms with Gasteiger partial charge in [0.05, 0.1) is 19.3 Å². The Kier molecular flexibility index (Phi) is 4.99. The molecule has 0 amide bonds. The molecule has 4 nitrogen and oxygen atoms in total. The zero-order valence-electron chi connectivity index (χ0n) is 13.4. The largest absolute Gasteiger partial charge is 0.465 e. The van der Waals surface area contributed by atoms with Crippen molar-refractivity contribution < 1.29 is 9.15 Å². The SMILES string of the molecule is CCNCc1cc(CN2CCOC3CCCCC32)c(C)o1. The normalized spacial score (nSPS) is 26.8. The standard InChI is InChI=1S/C17H28N2O2/c1-3-18-11-15-10-14(13(2)21-15)12-19-8-9-20-17-7-5-4-6-16(17)19/h10,16-18H,3-9,11-12H2,1-2H3. The minimum absolute atomic E-state index is 0.459. The fourth-order valence-corrected chi connectivity index (χ4v) is 3.67. The molecular formula is C17H28N2O2. The first-order valence-corrected chi connectivity index (χ1v) is 8.42. The van der Waals surface area contributed by atoms with Crippen LogP contribution in [-0.2, 0) is 17.8 Å². The lowest BCUT2D eigenvalue weighted by molar-refractivity contribution is -0.0912. The summed E-state index contributed by atoms with van der Waals surface area (Å²) < 4.78 is 11.8. The molecule has 2 heterocycles. The zero-order valence-corrected chi connectivity index (χ0v) is 13.4. The molecule has 1 N–H and O–H groups in total. The van der Waals surface area contributed by atoms with Crippen LogP contribution in [0, 0.1) is 6.92 Å². The van der Waals surface area contributed by atoms with E-state index < -0.39 is 0 Å². The molecule has 0 spiro atoms. The summed E-state index contributed by atoms with van der Waals surface area (Å²) in [6.45, 7) is 8.94. The van der Waals surface area contributed by atoms with Gasteiger partial charge < -0.3 is 14.5 Å². The average molecular weight is 292 g/mol. The van der Waals surface area contributed by atoms with Crippen molar-refractivity contribution in [2.45, 2.75) is 64.8 Å². The molecule has 4 heteroatoms. The second kappa shape index (κ2) is 6.95. The number of rotatable bonds is 5. The van der Waals surface area contributed by atoms with E-state index in [0.29, 0.717) is 12.1 Å². The van der Waals surface area contributed by atoms with E-state index in [1.807, 2.05) is 0 Å². The molecule has 2 fully saturated rings. The van der Waals surface area contributed by atoms with Crippen molar-refractivity contribution in [3.05, 3.63) is 23.2 Å². The summed E-state index contributed by atoms with van der Waals surface area (Å²) in [7, 11) is 0. The highest BCUT2D eigenvalue weighted by Crippen LogP contribution is 2.30. The van der Waals surface area contributed by atoms with E-state index in [1.54, 1.807) is 0 Å². The molecule has 0 aromatic carbocycles. The lowest BCUT2D eigenvalue weighted by atomic mass is 9.90. The van der Waals surface area contributed by atoms with Crippen LogP contribution < -0.4 is 5.32 Å². The van der Waals surface area contributed by atoms with Crippen LogP contribution >= 0.6 is 0 Å². The van der Waals surface area contributed by atoms with Gasteiger partial charge in [0.1, 0.15) is 11.5 Å². The Morgan fingerprint density at radius 3 is 3.05 bits per heavy atom. The van der Waals surface area contributed by atoms with Crippen molar-refractivity contribution in [3.8, 4) is 0 Å². The van der Waals surface area contributed by atoms with E-state index in [1.165, 1.54) is 31.2 Å². The lowest BCUT2D eigenvalue weighted by Gasteiger charge is -2.43. The molecule has 1 aliphatic carbocycles. The van der Waals surface area contributed by atoms with Crippen molar-refractivity contribution in [2.75, 3.05) is 19.7 Å². The summed E-state index contributed by atoms with van der Waals surface area (Å²) in [5.41, 5.74) is 1.34. The van der Waals surface area contributed by atoms with Gasteiger partial charge >= 0.3 is 0 Å². The number of morpholine rings is 1. The Bertz CT molecular complexity index is 456. The van der Waals surface area contributed by atoms with Gasteiger partial charge in [0.15, 0.2) is 0 Å². The average Bonchev–Trinajstić information content (AvgIpc) is 2.86. The molecule has 0 radical (unpaired) electrons. The van der Waals surface area contributed by atoms with Crippen LogP contribution in [0.15, 0.2) is 10.5 Å². The maximum Gasteiger partial charge on any atom is 0.118 e. The van der Waals surface area contributed by atoms with Crippen LogP contribution in [0.5, 0.6) is 0 Å². The van der Waals surface area contributed by atoms with Crippen LogP contribution in [0.1, 0.15) is 49.7 Å². The quantitative estimate of drug-likeness (QED) is 0.905. The number of hydrogen-bond acceptors (Lipinski definition) is 4. The smallest absolute Gasteiger partial charge is 0.118 e. The molecule has 1 aromatic heterocycles. The zero-order chi connectivity index (χ0) is 14.7. The van der Waals surface area contributed by atoms with E-state index >= 15 is 0 Å². The number of nitrogens with one attached hydrogen (secondary N) is 1. The van der Waals surface area contributed by atoms with Crippen LogP contribution in [0.2, 0.25) is 0 Å². The summed E-state index contributed by atoms with van der Waals surface area (Å²) in [4.78, 5) is 2.61. The Hall–Kier alpha value is -0.840. The molecular weight excluding hydrogens is 264 g/mol. The van der Waals surface area contributed by atoms with Gasteiger partial charge in [0, 0.05) is 24.7 Å². The number of furan rings is 1. The van der Waals surface area contributed by atoms with Gasteiger partial charge in [-0.3, -0.25) is 4.90 Å². The first-order valence-electron chi connectivity index (χ1n) is 8.42. The van der Waals surface area contributed by atoms with Crippen molar-refractivity contribution in [2.24, 2.45) is 0 Å². The number of nitrogens with zero attached hydrogens (tertiary/aromatic N) is 1. The third kappa shape index (κ3) is 3.50. The van der Waals surface area contributed by atoms with E-state index in [0.717, 1.165) is 44.3 Å². The van der Waals surface area contributed by atoms with Gasteiger partial charge in [-0.05, 0) is 32.4 Å². The van der Waals surface area contributed by atoms with Crippen LogP contribution in [0.25, 0.3) is 0 Å². The van der Waals surface area contributed by atoms with Gasteiger partial charge in [0.25, 0.3) is 0 Å². The number of hydrogen-bond donors (Lipinski definition) is 1. The summed E-state index contributed by atoms with van der Waals surface area (Å²) in [5.74, 6) is 2.12. The monoisotopic (exact) mass is 292 g/mol. The van der Waals surface area contributed by atoms with E-state index in [2.05, 4.69) is 30.1 Å². The summed E-state index contributed by atoms with van der Waals surface area (Å²) in [6.07, 6.45) is 5.65. The number of aryl methyl sites for hydroxylation is 1. The maximum absolute atomic E-state index is 5.96. The van der Waals surface area contributed by atoms with Gasteiger partial charge in [-0.25, -0.2) is 0 Å². The molecule has 118 valence electrons. The molecule has 1 aromatic rings. The minimum atomic E-state index is 0.459. The van der Waals surface area contributed by atoms with Crippen molar-refractivity contribution in [1.82, 2.24) is 10.2 Å². The molecule has 2 atom stereocenters. The minimum Gasteiger partial charge on any atom is -0.465 e. The second-order valence-corrected chi connectivity index (χ2v) is 6.31. The fraction of sp³-hybridized carbons (Fsp3) is 0.765. The first-order chi connectivity index (χ1) is 10.3. The lowest BCUT2D eigenvalue weighted by Crippen LogP contribution is -2.52. The van der Waals surface area contributed by atoms with Crippen LogP contribution in [0.3, 0.4) is 0 Å². The van der Waals surface area contributed by atoms with E-state index in [4.69, 9.17) is 9.15 Å². The molecule has 1 saturated carbocycles. The third-order valence-electron chi connectivity index (χ3n) is 4.84. The highest BCUT2D eigenvalue weighted by atomic mass is 16.5. The van der Waals surface area contributed by atoms with Crippen molar-refractivity contribution in [1.29, 1.82) is 0 Å². The summed E-state index contributed by atoms with van der Waals surface area (Å²) in [5, 5.41) is 3.33. The summed E-state index contributed by atoms with van der Waals surface area (Å²) >= 11 is 0. The van der Waals surface area contributed by atoms with E-state index in [-0.39, 0.29) is 0 Å². The van der Waals surface area contributed by atoms with Crippen molar-refractivity contribution >= 4 is 0 Å². The topological polar surface area (TPSA) is 37.6 Å². The molecule has 0 bridgehead atoms. The van der Waals surface area contributed by atoms with E-state index in [9.17, 15) is 0 Å². The molecule has 1 aliphatic heterocycles. The molecule has 21 heavy (non-hydrogen) atoms. The third-order valence-corrected chi connectivity index (χ3v) is 4.84. The molecule has 3 rings (SSSR count). The molecule has 1 saturated heterocycles. The summed E-state index contributed by atoms with van der Waals surface area (Å²) in [6, 6.07) is 2.84. The maximum atomic E-state index is 5.96. The molecule has 2 unspecified atom stereocenters. The number of ether oxygens (including phenoxy) is 1. The highest BCUT2D eigenvalue weighted by molar-refractivity contribution is 5.21. The first kappa shape index (κ1) is 15.1. The number of fused-ring (bicyclic) bond motifs is 1. The molecule has 2 aliphatic rings. The second-order valence-electron chi connectivity index (χ2n) is 6.31. The Morgan fingerprint density at radius 1 is 1.33 bits per heavy atom. The Balaban J connectivity index is 1.66.